The smallest absolute Gasteiger partial charge is 0.112 e. The van der Waals surface area contributed by atoms with E-state index >= 15 is 0 Å². The molecular weight excluding hydrogens is 278 g/mol. The van der Waals surface area contributed by atoms with Crippen LogP contribution in [-0.4, -0.2) is 6.21 Å². The largest absolute Gasteiger partial charge is 0.247 e. The molecule has 0 fully saturated rings. The highest BCUT2D eigenvalue weighted by Gasteiger charge is 2.11. The van der Waals surface area contributed by atoms with E-state index < -0.39 is 0 Å². The predicted molar refractivity (Wildman–Crippen MR) is 102 cm³/mol. The summed E-state index contributed by atoms with van der Waals surface area (Å²) >= 11 is 0. The van der Waals surface area contributed by atoms with Crippen LogP contribution in [-0.2, 0) is 6.42 Å². The molecule has 0 saturated carbocycles. The maximum Gasteiger partial charge on any atom is 0.112 e. The lowest BCUT2D eigenvalue weighted by Crippen LogP contribution is -1.90. The SMILES string of the molecule is C=C=C1N=Cc2cc(CCCCCCCCCCCC)ccc21. The summed E-state index contributed by atoms with van der Waals surface area (Å²) in [6.45, 7) is 5.97. The van der Waals surface area contributed by atoms with Gasteiger partial charge in [0.15, 0.2) is 0 Å². The van der Waals surface area contributed by atoms with E-state index in [-0.39, 0.29) is 0 Å². The van der Waals surface area contributed by atoms with E-state index in [4.69, 9.17) is 0 Å². The molecule has 23 heavy (non-hydrogen) atoms. The maximum absolute atomic E-state index is 4.34. The Labute approximate surface area is 142 Å². The molecule has 2 rings (SSSR count). The zero-order valence-corrected chi connectivity index (χ0v) is 14.7. The number of aryl methyl sites for hydroxylation is 1. The number of rotatable bonds is 11. The Morgan fingerprint density at radius 2 is 1.57 bits per heavy atom. The Balaban J connectivity index is 1.57. The summed E-state index contributed by atoms with van der Waals surface area (Å²) in [6.07, 6.45) is 17.1. The lowest BCUT2D eigenvalue weighted by molar-refractivity contribution is 0.556. The van der Waals surface area contributed by atoms with E-state index in [0.29, 0.717) is 0 Å². The van der Waals surface area contributed by atoms with Crippen LogP contribution in [0.15, 0.2) is 35.5 Å². The summed E-state index contributed by atoms with van der Waals surface area (Å²) in [7, 11) is 0. The second-order valence-electron chi connectivity index (χ2n) is 6.64. The van der Waals surface area contributed by atoms with Gasteiger partial charge in [0, 0.05) is 17.3 Å². The molecular formula is C22H31N. The number of nitrogens with zero attached hydrogens (tertiary/aromatic N) is 1. The van der Waals surface area contributed by atoms with Crippen LogP contribution in [0.1, 0.15) is 87.8 Å². The Bertz CT molecular complexity index is 561. The molecule has 1 aliphatic rings. The van der Waals surface area contributed by atoms with E-state index in [0.717, 1.165) is 5.70 Å². The molecule has 0 N–H and O–H groups in total. The van der Waals surface area contributed by atoms with Crippen molar-refractivity contribution in [3.63, 3.8) is 0 Å². The zero-order chi connectivity index (χ0) is 16.3. The molecule has 0 atom stereocenters. The highest BCUT2D eigenvalue weighted by atomic mass is 14.8. The van der Waals surface area contributed by atoms with Crippen molar-refractivity contribution in [3.8, 4) is 0 Å². The van der Waals surface area contributed by atoms with E-state index in [9.17, 15) is 0 Å². The topological polar surface area (TPSA) is 12.4 Å². The van der Waals surface area contributed by atoms with E-state index in [1.54, 1.807) is 0 Å². The summed E-state index contributed by atoms with van der Waals surface area (Å²) in [5.41, 5.74) is 7.60. The van der Waals surface area contributed by atoms with Crippen LogP contribution in [0.2, 0.25) is 0 Å². The number of hydrogen-bond donors (Lipinski definition) is 0. The molecule has 124 valence electrons. The third-order valence-electron chi connectivity index (χ3n) is 4.69. The first-order valence-corrected chi connectivity index (χ1v) is 9.42. The number of benzene rings is 1. The molecule has 0 radical (unpaired) electrons. The molecule has 0 aliphatic carbocycles. The van der Waals surface area contributed by atoms with Crippen molar-refractivity contribution < 1.29 is 0 Å². The van der Waals surface area contributed by atoms with Gasteiger partial charge in [-0.05, 0) is 24.5 Å². The molecule has 1 heterocycles. The fraction of sp³-hybridized carbons (Fsp3) is 0.545. The number of hydrogen-bond acceptors (Lipinski definition) is 1. The highest BCUT2D eigenvalue weighted by molar-refractivity contribution is 5.97. The van der Waals surface area contributed by atoms with E-state index in [1.807, 2.05) is 6.21 Å². The molecule has 1 aliphatic heterocycles. The summed E-state index contributed by atoms with van der Waals surface area (Å²) in [5, 5.41) is 0. The standard InChI is InChI=1S/C22H31N/c1-3-5-6-7-8-9-10-11-12-13-14-19-15-16-21-20(17-19)18-23-22(21)4-2/h15-18H,2-3,5-14H2,1H3. The minimum absolute atomic E-state index is 0.880. The van der Waals surface area contributed by atoms with Crippen molar-refractivity contribution in [1.82, 2.24) is 0 Å². The van der Waals surface area contributed by atoms with Crippen LogP contribution in [0.3, 0.4) is 0 Å². The summed E-state index contributed by atoms with van der Waals surface area (Å²) < 4.78 is 0. The molecule has 0 amide bonds. The van der Waals surface area contributed by atoms with Crippen LogP contribution in [0.5, 0.6) is 0 Å². The van der Waals surface area contributed by atoms with Crippen molar-refractivity contribution in [2.45, 2.75) is 77.6 Å². The second kappa shape index (κ2) is 10.2. The van der Waals surface area contributed by atoms with Gasteiger partial charge in [-0.25, -0.2) is 4.99 Å². The van der Waals surface area contributed by atoms with Gasteiger partial charge >= 0.3 is 0 Å². The average molecular weight is 309 g/mol. The van der Waals surface area contributed by atoms with Crippen molar-refractivity contribution in [2.24, 2.45) is 4.99 Å². The van der Waals surface area contributed by atoms with Gasteiger partial charge in [-0.15, -0.1) is 5.73 Å². The minimum atomic E-state index is 0.880. The normalized spacial score (nSPS) is 12.5. The first-order chi connectivity index (χ1) is 11.3. The zero-order valence-electron chi connectivity index (χ0n) is 14.7. The van der Waals surface area contributed by atoms with Crippen molar-refractivity contribution in [2.75, 3.05) is 0 Å². The van der Waals surface area contributed by atoms with E-state index in [1.165, 1.54) is 87.3 Å². The summed E-state index contributed by atoms with van der Waals surface area (Å²) in [5.74, 6) is 0. The third-order valence-corrected chi connectivity index (χ3v) is 4.69. The molecule has 1 heteroatoms. The van der Waals surface area contributed by atoms with Gasteiger partial charge in [0.05, 0.1) is 0 Å². The van der Waals surface area contributed by atoms with E-state index in [2.05, 4.69) is 42.4 Å². The van der Waals surface area contributed by atoms with Crippen molar-refractivity contribution in [1.29, 1.82) is 0 Å². The number of unbranched alkanes of at least 4 members (excludes halogenated alkanes) is 9. The molecule has 0 unspecified atom stereocenters. The predicted octanol–water partition coefficient (Wildman–Crippen LogP) is 6.71. The molecule has 0 aromatic heterocycles. The van der Waals surface area contributed by atoms with Gasteiger partial charge in [-0.1, -0.05) is 83.4 Å². The van der Waals surface area contributed by atoms with Crippen LogP contribution < -0.4 is 0 Å². The Morgan fingerprint density at radius 1 is 0.913 bits per heavy atom. The molecule has 0 saturated heterocycles. The lowest BCUT2D eigenvalue weighted by atomic mass is 10.00. The summed E-state index contributed by atoms with van der Waals surface area (Å²) in [6, 6.07) is 6.68. The van der Waals surface area contributed by atoms with Crippen LogP contribution >= 0.6 is 0 Å². The first kappa shape index (κ1) is 17.8. The highest BCUT2D eigenvalue weighted by Crippen LogP contribution is 2.25. The first-order valence-electron chi connectivity index (χ1n) is 9.42. The monoisotopic (exact) mass is 309 g/mol. The van der Waals surface area contributed by atoms with Gasteiger partial charge < -0.3 is 0 Å². The molecule has 1 aromatic rings. The Hall–Kier alpha value is -1.59. The average Bonchev–Trinajstić information content (AvgIpc) is 2.99. The second-order valence-corrected chi connectivity index (χ2v) is 6.64. The van der Waals surface area contributed by atoms with Gasteiger partial charge in [0.2, 0.25) is 0 Å². The van der Waals surface area contributed by atoms with Crippen LogP contribution in [0.4, 0.5) is 0 Å². The lowest BCUT2D eigenvalue weighted by Gasteiger charge is -2.05. The quantitative estimate of drug-likeness (QED) is 0.318. The fourth-order valence-electron chi connectivity index (χ4n) is 3.25. The summed E-state index contributed by atoms with van der Waals surface area (Å²) in [4.78, 5) is 4.34. The van der Waals surface area contributed by atoms with Gasteiger partial charge in [-0.2, -0.15) is 0 Å². The molecule has 0 spiro atoms. The van der Waals surface area contributed by atoms with Gasteiger partial charge in [0.25, 0.3) is 0 Å². The molecule has 0 bridgehead atoms. The van der Waals surface area contributed by atoms with Crippen molar-refractivity contribution >= 4 is 11.9 Å². The van der Waals surface area contributed by atoms with Crippen LogP contribution in [0, 0.1) is 0 Å². The Kier molecular flexibility index (Phi) is 7.90. The number of fused-ring (bicyclic) bond motifs is 1. The van der Waals surface area contributed by atoms with Crippen LogP contribution in [0.25, 0.3) is 5.70 Å². The fourth-order valence-corrected chi connectivity index (χ4v) is 3.25. The van der Waals surface area contributed by atoms with Gasteiger partial charge in [0.1, 0.15) is 5.70 Å². The Morgan fingerprint density at radius 3 is 2.22 bits per heavy atom. The van der Waals surface area contributed by atoms with Gasteiger partial charge in [-0.3, -0.25) is 0 Å². The molecule has 1 nitrogen and oxygen atoms in total. The van der Waals surface area contributed by atoms with Crippen molar-refractivity contribution in [3.05, 3.63) is 47.2 Å². The maximum atomic E-state index is 4.34. The third kappa shape index (κ3) is 5.84. The number of aliphatic imine (C=N–C) groups is 1. The minimum Gasteiger partial charge on any atom is -0.247 e. The molecule has 1 aromatic carbocycles.